The molecule has 3 atom stereocenters. The Labute approximate surface area is 186 Å². The summed E-state index contributed by atoms with van der Waals surface area (Å²) in [5.41, 5.74) is -2.14. The highest BCUT2D eigenvalue weighted by Gasteiger charge is 2.53. The average Bonchev–Trinajstić information content (AvgIpc) is 2.95. The van der Waals surface area contributed by atoms with Crippen LogP contribution in [0.5, 0.6) is 0 Å². The summed E-state index contributed by atoms with van der Waals surface area (Å²) in [6.45, 7) is 5.19. The normalized spacial score (nSPS) is 26.0. The third-order valence-electron chi connectivity index (χ3n) is 6.04. The third kappa shape index (κ3) is 5.56. The molecule has 2 fully saturated rings. The molecule has 2 saturated heterocycles. The first kappa shape index (κ1) is 24.4. The number of carbonyl (C=O) groups is 2. The van der Waals surface area contributed by atoms with E-state index in [1.54, 1.807) is 25.7 Å². The Morgan fingerprint density at radius 2 is 1.75 bits per heavy atom. The first-order chi connectivity index (χ1) is 14.9. The predicted molar refractivity (Wildman–Crippen MR) is 113 cm³/mol. The number of hydrogen-bond acceptors (Lipinski definition) is 5. The molecule has 1 aromatic carbocycles. The van der Waals surface area contributed by atoms with E-state index in [0.29, 0.717) is 19.3 Å². The number of halogens is 2. The minimum atomic E-state index is -1.71. The van der Waals surface area contributed by atoms with E-state index in [1.165, 1.54) is 0 Å². The molecular formula is C23H32F2N2O5. The highest BCUT2D eigenvalue weighted by atomic mass is 19.1. The van der Waals surface area contributed by atoms with Gasteiger partial charge in [0, 0.05) is 37.6 Å². The Balaban J connectivity index is 1.74. The molecule has 2 amide bonds. The molecule has 2 aliphatic heterocycles. The van der Waals surface area contributed by atoms with Crippen LogP contribution in [0.2, 0.25) is 0 Å². The zero-order valence-electron chi connectivity index (χ0n) is 18.7. The van der Waals surface area contributed by atoms with E-state index in [-0.39, 0.29) is 43.5 Å². The standard InChI is InChI=1S/C23H32F2N2O5/c1-22(2,3)32-21(30)27-17-6-7-18(27)13-23(31,12-17)20(29)26-19(5-4-8-28)14-9-15(24)11-16(25)10-14/h9-11,17-19,28,31H,4-8,12-13H2,1-3H3,(H,26,29). The van der Waals surface area contributed by atoms with Gasteiger partial charge in [-0.15, -0.1) is 0 Å². The SMILES string of the molecule is CC(C)(C)OC(=O)N1C2CCC1CC(O)(C(=O)NC(CCCO)c1cc(F)cc(F)c1)C2. The van der Waals surface area contributed by atoms with Gasteiger partial charge in [0.15, 0.2) is 0 Å². The van der Waals surface area contributed by atoms with Gasteiger partial charge in [-0.1, -0.05) is 0 Å². The van der Waals surface area contributed by atoms with Gasteiger partial charge in [0.05, 0.1) is 6.04 Å². The second-order valence-electron chi connectivity index (χ2n) is 9.81. The van der Waals surface area contributed by atoms with E-state index in [1.807, 2.05) is 0 Å². The number of fused-ring (bicyclic) bond motifs is 2. The highest BCUT2D eigenvalue weighted by Crippen LogP contribution is 2.42. The second kappa shape index (κ2) is 9.31. The average molecular weight is 455 g/mol. The van der Waals surface area contributed by atoms with Gasteiger partial charge in [0.1, 0.15) is 22.8 Å². The largest absolute Gasteiger partial charge is 0.444 e. The minimum absolute atomic E-state index is 0.0544. The summed E-state index contributed by atoms with van der Waals surface area (Å²) in [5.74, 6) is -2.19. The summed E-state index contributed by atoms with van der Waals surface area (Å²) < 4.78 is 32.9. The predicted octanol–water partition coefficient (Wildman–Crippen LogP) is 3.19. The molecule has 0 saturated carbocycles. The molecule has 3 unspecified atom stereocenters. The summed E-state index contributed by atoms with van der Waals surface area (Å²) in [5, 5.41) is 23.1. The maximum absolute atomic E-state index is 13.7. The molecular weight excluding hydrogens is 422 g/mol. The third-order valence-corrected chi connectivity index (χ3v) is 6.04. The second-order valence-corrected chi connectivity index (χ2v) is 9.81. The molecule has 3 N–H and O–H groups in total. The topological polar surface area (TPSA) is 99.1 Å². The summed E-state index contributed by atoms with van der Waals surface area (Å²) in [6, 6.07) is 1.56. The van der Waals surface area contributed by atoms with Crippen LogP contribution in [-0.2, 0) is 9.53 Å². The van der Waals surface area contributed by atoms with Gasteiger partial charge >= 0.3 is 6.09 Å². The number of aliphatic hydroxyl groups excluding tert-OH is 1. The number of nitrogens with zero attached hydrogens (tertiary/aromatic N) is 1. The van der Waals surface area contributed by atoms with Gasteiger partial charge in [-0.2, -0.15) is 0 Å². The van der Waals surface area contributed by atoms with E-state index in [9.17, 15) is 28.6 Å². The first-order valence-corrected chi connectivity index (χ1v) is 11.0. The fourth-order valence-corrected chi connectivity index (χ4v) is 4.71. The highest BCUT2D eigenvalue weighted by molar-refractivity contribution is 5.86. The van der Waals surface area contributed by atoms with Gasteiger partial charge < -0.3 is 25.2 Å². The van der Waals surface area contributed by atoms with Gasteiger partial charge in [0.2, 0.25) is 0 Å². The maximum atomic E-state index is 13.7. The molecule has 0 spiro atoms. The van der Waals surface area contributed by atoms with Crippen LogP contribution in [-0.4, -0.2) is 57.0 Å². The van der Waals surface area contributed by atoms with E-state index < -0.39 is 40.9 Å². The van der Waals surface area contributed by atoms with E-state index in [2.05, 4.69) is 5.32 Å². The van der Waals surface area contributed by atoms with Crippen LogP contribution < -0.4 is 5.32 Å². The number of aliphatic hydroxyl groups is 2. The Hall–Kier alpha value is -2.26. The van der Waals surface area contributed by atoms with Crippen molar-refractivity contribution in [3.8, 4) is 0 Å². The summed E-state index contributed by atoms with van der Waals surface area (Å²) in [6.07, 6.45) is 1.52. The molecule has 32 heavy (non-hydrogen) atoms. The van der Waals surface area contributed by atoms with Crippen LogP contribution in [0, 0.1) is 11.6 Å². The monoisotopic (exact) mass is 454 g/mol. The molecule has 2 aliphatic rings. The van der Waals surface area contributed by atoms with Gasteiger partial charge in [-0.25, -0.2) is 13.6 Å². The maximum Gasteiger partial charge on any atom is 0.410 e. The van der Waals surface area contributed by atoms with E-state index in [0.717, 1.165) is 18.2 Å². The van der Waals surface area contributed by atoms with Crippen molar-refractivity contribution in [3.05, 3.63) is 35.4 Å². The Morgan fingerprint density at radius 3 is 2.25 bits per heavy atom. The van der Waals surface area contributed by atoms with Crippen LogP contribution >= 0.6 is 0 Å². The number of nitrogens with one attached hydrogen (secondary N) is 1. The molecule has 9 heteroatoms. The Kier molecular flexibility index (Phi) is 7.09. The van der Waals surface area contributed by atoms with Gasteiger partial charge in [0.25, 0.3) is 5.91 Å². The van der Waals surface area contributed by atoms with Crippen molar-refractivity contribution in [2.45, 2.75) is 88.6 Å². The van der Waals surface area contributed by atoms with Crippen LogP contribution in [0.15, 0.2) is 18.2 Å². The minimum Gasteiger partial charge on any atom is -0.444 e. The fourth-order valence-electron chi connectivity index (χ4n) is 4.71. The van der Waals surface area contributed by atoms with Gasteiger partial charge in [-0.05, 0) is 64.2 Å². The van der Waals surface area contributed by atoms with Crippen molar-refractivity contribution in [1.29, 1.82) is 0 Å². The lowest BCUT2D eigenvalue weighted by Gasteiger charge is -2.43. The molecule has 0 aromatic heterocycles. The molecule has 2 heterocycles. The van der Waals surface area contributed by atoms with E-state index in [4.69, 9.17) is 4.74 Å². The van der Waals surface area contributed by atoms with E-state index >= 15 is 0 Å². The number of benzene rings is 1. The Morgan fingerprint density at radius 1 is 1.19 bits per heavy atom. The smallest absolute Gasteiger partial charge is 0.410 e. The van der Waals surface area contributed by atoms with Crippen molar-refractivity contribution in [1.82, 2.24) is 10.2 Å². The van der Waals surface area contributed by atoms with Crippen molar-refractivity contribution in [2.24, 2.45) is 0 Å². The number of hydrogen-bond donors (Lipinski definition) is 3. The number of piperidine rings is 1. The lowest BCUT2D eigenvalue weighted by atomic mass is 9.85. The van der Waals surface area contributed by atoms with Crippen molar-refractivity contribution in [3.63, 3.8) is 0 Å². The van der Waals surface area contributed by atoms with Crippen molar-refractivity contribution in [2.75, 3.05) is 6.61 Å². The number of amides is 2. The van der Waals surface area contributed by atoms with Crippen LogP contribution in [0.25, 0.3) is 0 Å². The molecule has 3 rings (SSSR count). The lowest BCUT2D eigenvalue weighted by molar-refractivity contribution is -0.148. The first-order valence-electron chi connectivity index (χ1n) is 11.0. The van der Waals surface area contributed by atoms with Crippen molar-refractivity contribution >= 4 is 12.0 Å². The van der Waals surface area contributed by atoms with Crippen LogP contribution in [0.4, 0.5) is 13.6 Å². The zero-order chi connectivity index (χ0) is 23.7. The molecule has 7 nitrogen and oxygen atoms in total. The van der Waals surface area contributed by atoms with Gasteiger partial charge in [-0.3, -0.25) is 4.79 Å². The van der Waals surface area contributed by atoms with Crippen LogP contribution in [0.3, 0.4) is 0 Å². The number of ether oxygens (including phenoxy) is 1. The molecule has 178 valence electrons. The van der Waals surface area contributed by atoms with Crippen LogP contribution in [0.1, 0.15) is 70.9 Å². The summed E-state index contributed by atoms with van der Waals surface area (Å²) in [4.78, 5) is 27.4. The molecule has 1 aromatic rings. The quantitative estimate of drug-likeness (QED) is 0.613. The number of rotatable bonds is 6. The van der Waals surface area contributed by atoms with Crippen molar-refractivity contribution < 1.29 is 33.3 Å². The summed E-state index contributed by atoms with van der Waals surface area (Å²) in [7, 11) is 0. The zero-order valence-corrected chi connectivity index (χ0v) is 18.7. The summed E-state index contributed by atoms with van der Waals surface area (Å²) >= 11 is 0. The Bertz CT molecular complexity index is 823. The molecule has 0 radical (unpaired) electrons. The number of carbonyl (C=O) groups excluding carboxylic acids is 2. The fraction of sp³-hybridized carbons (Fsp3) is 0.652. The lowest BCUT2D eigenvalue weighted by Crippen LogP contribution is -2.59. The molecule has 2 bridgehead atoms. The molecule has 0 aliphatic carbocycles.